The Kier molecular flexibility index (Phi) is 4.86. The highest BCUT2D eigenvalue weighted by molar-refractivity contribution is 7.90. The van der Waals surface area contributed by atoms with Gasteiger partial charge in [0.05, 0.1) is 29.0 Å². The number of carbonyl (C=O) groups is 1. The predicted molar refractivity (Wildman–Crippen MR) is 110 cm³/mol. The third kappa shape index (κ3) is 3.39. The van der Waals surface area contributed by atoms with E-state index < -0.39 is 10.0 Å². The lowest BCUT2D eigenvalue weighted by molar-refractivity contribution is -0.121. The van der Waals surface area contributed by atoms with E-state index in [-0.39, 0.29) is 23.4 Å². The number of rotatable bonds is 4. The number of nitrogens with one attached hydrogen (secondary N) is 1. The van der Waals surface area contributed by atoms with Crippen LogP contribution in [0.1, 0.15) is 6.42 Å². The molecule has 4 rings (SSSR count). The van der Waals surface area contributed by atoms with Gasteiger partial charge in [0.15, 0.2) is 0 Å². The summed E-state index contributed by atoms with van der Waals surface area (Å²) in [6, 6.07) is 13.5. The summed E-state index contributed by atoms with van der Waals surface area (Å²) in [6.07, 6.45) is 0.622. The number of likely N-dealkylation sites (N-methyl/N-ethyl adjacent to an activating group) is 1. The number of anilines is 2. The molecule has 9 heteroatoms. The van der Waals surface area contributed by atoms with Gasteiger partial charge in [-0.05, 0) is 37.7 Å². The minimum absolute atomic E-state index is 0.0599. The number of amides is 1. The number of hydrogen-bond acceptors (Lipinski definition) is 5. The topological polar surface area (TPSA) is 82.1 Å². The Labute approximate surface area is 168 Å². The summed E-state index contributed by atoms with van der Waals surface area (Å²) in [5, 5.41) is 3.58. The number of benzene rings is 2. The molecule has 2 aliphatic heterocycles. The third-order valence-electron chi connectivity index (χ3n) is 4.93. The molecule has 2 aromatic carbocycles. The number of halogens is 1. The van der Waals surface area contributed by atoms with E-state index in [0.29, 0.717) is 35.2 Å². The Bertz CT molecular complexity index is 1070. The molecule has 1 amide bonds. The number of sulfonamides is 1. The minimum Gasteiger partial charge on any atom is -0.341 e. The molecule has 1 fully saturated rings. The maximum atomic E-state index is 12.9. The molecule has 0 radical (unpaired) electrons. The van der Waals surface area contributed by atoms with Crippen molar-refractivity contribution in [2.45, 2.75) is 17.4 Å². The SMILES string of the molecule is CN(CC1=NS(=O)(=O)c2ccccc2N1)C1CCN(c2ccccc2Cl)C1=O. The van der Waals surface area contributed by atoms with Crippen LogP contribution in [0.5, 0.6) is 0 Å². The van der Waals surface area contributed by atoms with E-state index in [9.17, 15) is 13.2 Å². The molecule has 0 spiro atoms. The third-order valence-corrected chi connectivity index (χ3v) is 6.62. The lowest BCUT2D eigenvalue weighted by Gasteiger charge is -2.26. The first-order valence-electron chi connectivity index (χ1n) is 8.83. The second kappa shape index (κ2) is 7.20. The average Bonchev–Trinajstić information content (AvgIpc) is 3.03. The van der Waals surface area contributed by atoms with Crippen molar-refractivity contribution >= 4 is 44.7 Å². The molecule has 0 aliphatic carbocycles. The van der Waals surface area contributed by atoms with E-state index in [1.807, 2.05) is 23.1 Å². The molecule has 1 saturated heterocycles. The normalized spacial score (nSPS) is 20.7. The van der Waals surface area contributed by atoms with Gasteiger partial charge >= 0.3 is 0 Å². The molecule has 1 atom stereocenters. The molecule has 0 aromatic heterocycles. The zero-order valence-electron chi connectivity index (χ0n) is 15.2. The van der Waals surface area contributed by atoms with Crippen molar-refractivity contribution in [2.75, 3.05) is 30.4 Å². The highest BCUT2D eigenvalue weighted by Gasteiger charge is 2.37. The minimum atomic E-state index is -3.75. The number of fused-ring (bicyclic) bond motifs is 1. The van der Waals surface area contributed by atoms with Gasteiger partial charge in [0.25, 0.3) is 10.0 Å². The molecule has 2 aromatic rings. The molecular formula is C19H19ClN4O3S. The van der Waals surface area contributed by atoms with Crippen LogP contribution in [-0.2, 0) is 14.8 Å². The molecular weight excluding hydrogens is 400 g/mol. The maximum Gasteiger partial charge on any atom is 0.286 e. The highest BCUT2D eigenvalue weighted by atomic mass is 35.5. The fraction of sp³-hybridized carbons (Fsp3) is 0.263. The van der Waals surface area contributed by atoms with Crippen LogP contribution in [0.3, 0.4) is 0 Å². The Morgan fingerprint density at radius 2 is 1.93 bits per heavy atom. The number of hydrogen-bond donors (Lipinski definition) is 1. The van der Waals surface area contributed by atoms with Gasteiger partial charge in [-0.1, -0.05) is 35.9 Å². The van der Waals surface area contributed by atoms with Gasteiger partial charge in [0.2, 0.25) is 5.91 Å². The predicted octanol–water partition coefficient (Wildman–Crippen LogP) is 2.59. The number of amidine groups is 1. The monoisotopic (exact) mass is 418 g/mol. The van der Waals surface area contributed by atoms with E-state index >= 15 is 0 Å². The van der Waals surface area contributed by atoms with Crippen molar-refractivity contribution in [1.29, 1.82) is 0 Å². The Morgan fingerprint density at radius 1 is 1.21 bits per heavy atom. The van der Waals surface area contributed by atoms with Crippen LogP contribution < -0.4 is 10.2 Å². The van der Waals surface area contributed by atoms with Crippen LogP contribution in [0, 0.1) is 0 Å². The van der Waals surface area contributed by atoms with Crippen LogP contribution in [0.2, 0.25) is 5.02 Å². The van der Waals surface area contributed by atoms with Crippen molar-refractivity contribution in [3.63, 3.8) is 0 Å². The van der Waals surface area contributed by atoms with Crippen molar-refractivity contribution < 1.29 is 13.2 Å². The van der Waals surface area contributed by atoms with Crippen LogP contribution in [-0.4, -0.2) is 51.2 Å². The zero-order valence-corrected chi connectivity index (χ0v) is 16.7. The lowest BCUT2D eigenvalue weighted by Crippen LogP contribution is -2.44. The summed E-state index contributed by atoms with van der Waals surface area (Å²) >= 11 is 6.23. The van der Waals surface area contributed by atoms with Gasteiger partial charge in [0, 0.05) is 6.54 Å². The molecule has 1 N–H and O–H groups in total. The van der Waals surface area contributed by atoms with Gasteiger partial charge in [-0.3, -0.25) is 9.69 Å². The highest BCUT2D eigenvalue weighted by Crippen LogP contribution is 2.31. The Hall–Kier alpha value is -2.42. The van der Waals surface area contributed by atoms with Crippen LogP contribution in [0.4, 0.5) is 11.4 Å². The first-order valence-corrected chi connectivity index (χ1v) is 10.6. The van der Waals surface area contributed by atoms with E-state index in [0.717, 1.165) is 0 Å². The van der Waals surface area contributed by atoms with Gasteiger partial charge in [0.1, 0.15) is 10.7 Å². The summed E-state index contributed by atoms with van der Waals surface area (Å²) in [4.78, 5) is 16.6. The summed E-state index contributed by atoms with van der Waals surface area (Å²) in [5.41, 5.74) is 1.19. The quantitative estimate of drug-likeness (QED) is 0.825. The molecule has 146 valence electrons. The molecule has 28 heavy (non-hydrogen) atoms. The van der Waals surface area contributed by atoms with E-state index in [1.165, 1.54) is 6.07 Å². The summed E-state index contributed by atoms with van der Waals surface area (Å²) in [5.74, 6) is 0.237. The van der Waals surface area contributed by atoms with E-state index in [1.54, 1.807) is 36.2 Å². The lowest BCUT2D eigenvalue weighted by atomic mass is 10.2. The summed E-state index contributed by atoms with van der Waals surface area (Å²) in [6.45, 7) is 0.763. The number of para-hydroxylation sites is 2. The van der Waals surface area contributed by atoms with Gasteiger partial charge in [-0.15, -0.1) is 4.40 Å². The summed E-state index contributed by atoms with van der Waals surface area (Å²) < 4.78 is 28.7. The second-order valence-corrected chi connectivity index (χ2v) is 8.77. The van der Waals surface area contributed by atoms with Crippen molar-refractivity contribution in [3.05, 3.63) is 53.6 Å². The van der Waals surface area contributed by atoms with Crippen molar-refractivity contribution in [1.82, 2.24) is 4.90 Å². The van der Waals surface area contributed by atoms with E-state index in [2.05, 4.69) is 9.71 Å². The second-order valence-electron chi connectivity index (χ2n) is 6.80. The average molecular weight is 419 g/mol. The zero-order chi connectivity index (χ0) is 19.9. The van der Waals surface area contributed by atoms with Gasteiger partial charge in [-0.2, -0.15) is 8.42 Å². The number of carbonyl (C=O) groups excluding carboxylic acids is 1. The Morgan fingerprint density at radius 3 is 2.71 bits per heavy atom. The number of nitrogens with zero attached hydrogens (tertiary/aromatic N) is 3. The van der Waals surface area contributed by atoms with Crippen molar-refractivity contribution in [2.24, 2.45) is 4.40 Å². The largest absolute Gasteiger partial charge is 0.341 e. The van der Waals surface area contributed by atoms with E-state index in [4.69, 9.17) is 11.6 Å². The first-order chi connectivity index (χ1) is 13.4. The standard InChI is InChI=1S/C19H19ClN4O3S/c1-23(12-18-21-14-7-3-5-9-17(14)28(26,27)22-18)16-10-11-24(19(16)25)15-8-4-2-6-13(15)20/h2-9,16H,10-12H2,1H3,(H,21,22). The molecule has 0 bridgehead atoms. The van der Waals surface area contributed by atoms with Gasteiger partial charge < -0.3 is 10.2 Å². The smallest absolute Gasteiger partial charge is 0.286 e. The molecule has 0 saturated carbocycles. The maximum absolute atomic E-state index is 12.9. The fourth-order valence-electron chi connectivity index (χ4n) is 3.57. The Balaban J connectivity index is 1.51. The first kappa shape index (κ1) is 18.9. The molecule has 7 nitrogen and oxygen atoms in total. The molecule has 2 heterocycles. The molecule has 1 unspecified atom stereocenters. The summed E-state index contributed by atoms with van der Waals surface area (Å²) in [7, 11) is -1.96. The van der Waals surface area contributed by atoms with Crippen molar-refractivity contribution in [3.8, 4) is 0 Å². The van der Waals surface area contributed by atoms with Crippen LogP contribution in [0.25, 0.3) is 0 Å². The van der Waals surface area contributed by atoms with Crippen LogP contribution >= 0.6 is 11.6 Å². The molecule has 2 aliphatic rings. The fourth-order valence-corrected chi connectivity index (χ4v) is 4.94. The van der Waals surface area contributed by atoms with Crippen LogP contribution in [0.15, 0.2) is 57.8 Å². The van der Waals surface area contributed by atoms with Gasteiger partial charge in [-0.25, -0.2) is 0 Å².